The van der Waals surface area contributed by atoms with Crippen LogP contribution in [-0.2, 0) is 21.3 Å². The topological polar surface area (TPSA) is 34.1 Å². The summed E-state index contributed by atoms with van der Waals surface area (Å²) in [6.45, 7) is 0. The van der Waals surface area contributed by atoms with Crippen LogP contribution in [-0.4, -0.2) is 8.42 Å². The molecule has 0 bridgehead atoms. The van der Waals surface area contributed by atoms with E-state index in [2.05, 4.69) is 12.1 Å². The maximum absolute atomic E-state index is 12.6. The molecule has 0 heterocycles. The number of hydrogen-bond acceptors (Lipinski definition) is 4. The highest BCUT2D eigenvalue weighted by atomic mass is 33.1. The predicted molar refractivity (Wildman–Crippen MR) is 107 cm³/mol. The van der Waals surface area contributed by atoms with Crippen molar-refractivity contribution in [2.75, 3.05) is 0 Å². The fraction of sp³-hybridized carbons (Fsp3) is 0.100. The van der Waals surface area contributed by atoms with Crippen LogP contribution in [0.1, 0.15) is 11.1 Å². The molecule has 0 radical (unpaired) electrons. The molecule has 0 saturated heterocycles. The average molecular weight is 387 g/mol. The van der Waals surface area contributed by atoms with Gasteiger partial charge in [-0.2, -0.15) is 0 Å². The Hall–Kier alpha value is -1.69. The van der Waals surface area contributed by atoms with E-state index in [1.54, 1.807) is 33.7 Å². The molecule has 2 nitrogen and oxygen atoms in total. The fourth-order valence-electron chi connectivity index (χ4n) is 2.34. The number of rotatable bonds is 7. The molecule has 5 heteroatoms. The van der Waals surface area contributed by atoms with Crippen molar-refractivity contribution in [3.8, 4) is 0 Å². The highest BCUT2D eigenvalue weighted by Gasteiger charge is 2.15. The average Bonchev–Trinajstić information content (AvgIpc) is 2.63. The summed E-state index contributed by atoms with van der Waals surface area (Å²) < 4.78 is 25.3. The number of benzene rings is 3. The molecule has 0 aliphatic heterocycles. The third-order valence-electron chi connectivity index (χ3n) is 3.59. The Morgan fingerprint density at radius 1 is 0.720 bits per heavy atom. The third kappa shape index (κ3) is 5.39. The van der Waals surface area contributed by atoms with Gasteiger partial charge in [0.05, 0.1) is 10.6 Å². The molecule has 0 atom stereocenters. The van der Waals surface area contributed by atoms with Gasteiger partial charge in [0.25, 0.3) is 0 Å². The van der Waals surface area contributed by atoms with Gasteiger partial charge in [-0.05, 0) is 29.3 Å². The summed E-state index contributed by atoms with van der Waals surface area (Å²) in [7, 11) is -0.0270. The van der Waals surface area contributed by atoms with Gasteiger partial charge in [-0.3, -0.25) is 0 Å². The number of hydrogen-bond donors (Lipinski definition) is 0. The zero-order valence-corrected chi connectivity index (χ0v) is 16.0. The summed E-state index contributed by atoms with van der Waals surface area (Å²) >= 11 is 0. The van der Waals surface area contributed by atoms with Crippen LogP contribution in [0.25, 0.3) is 0 Å². The molecular weight excluding hydrogens is 368 g/mol. The van der Waals surface area contributed by atoms with Gasteiger partial charge in [0.2, 0.25) is 0 Å². The van der Waals surface area contributed by atoms with E-state index in [0.717, 1.165) is 16.2 Å². The van der Waals surface area contributed by atoms with E-state index in [1.165, 1.54) is 5.56 Å². The molecule has 0 fully saturated rings. The van der Waals surface area contributed by atoms with E-state index >= 15 is 0 Å². The first-order valence-corrected chi connectivity index (χ1v) is 11.8. The molecule has 0 aromatic heterocycles. The normalized spacial score (nSPS) is 11.4. The lowest BCUT2D eigenvalue weighted by atomic mass is 10.2. The largest absolute Gasteiger partial charge is 0.223 e. The monoisotopic (exact) mass is 386 g/mol. The minimum absolute atomic E-state index is 0.0269. The van der Waals surface area contributed by atoms with Crippen LogP contribution in [0, 0.1) is 0 Å². The zero-order valence-electron chi connectivity index (χ0n) is 13.5. The maximum atomic E-state index is 12.6. The third-order valence-corrected chi connectivity index (χ3v) is 7.57. The Labute approximate surface area is 157 Å². The molecule has 3 aromatic carbocycles. The van der Waals surface area contributed by atoms with Crippen molar-refractivity contribution >= 4 is 31.4 Å². The van der Waals surface area contributed by atoms with Crippen LogP contribution in [0.3, 0.4) is 0 Å². The van der Waals surface area contributed by atoms with Gasteiger partial charge < -0.3 is 0 Å². The second kappa shape index (κ2) is 8.61. The summed E-state index contributed by atoms with van der Waals surface area (Å²) in [4.78, 5) is 1.33. The van der Waals surface area contributed by atoms with Crippen LogP contribution in [0.5, 0.6) is 0 Å². The Kier molecular flexibility index (Phi) is 6.24. The van der Waals surface area contributed by atoms with Gasteiger partial charge >= 0.3 is 0 Å². The van der Waals surface area contributed by atoms with Crippen molar-refractivity contribution < 1.29 is 8.42 Å². The zero-order chi connectivity index (χ0) is 17.5. The Balaban J connectivity index is 1.66. The van der Waals surface area contributed by atoms with Crippen LogP contribution in [0.4, 0.5) is 0 Å². The molecule has 0 spiro atoms. The summed E-state index contributed by atoms with van der Waals surface area (Å²) in [5, 5.41) is 0. The van der Waals surface area contributed by atoms with E-state index in [4.69, 9.17) is 0 Å². The van der Waals surface area contributed by atoms with Crippen molar-refractivity contribution in [1.82, 2.24) is 0 Å². The molecule has 3 aromatic rings. The first-order valence-electron chi connectivity index (χ1n) is 7.84. The highest BCUT2D eigenvalue weighted by molar-refractivity contribution is 8.76. The molecule has 0 amide bonds. The quantitative estimate of drug-likeness (QED) is 0.495. The number of sulfone groups is 1. The van der Waals surface area contributed by atoms with Gasteiger partial charge in [0.1, 0.15) is 0 Å². The SMILES string of the molecule is O=S(=O)(Cc1ccccc1)c1cccc(SSCc2ccccc2)c1. The molecule has 128 valence electrons. The van der Waals surface area contributed by atoms with Gasteiger partial charge in [-0.1, -0.05) is 88.3 Å². The predicted octanol–water partition coefficient (Wildman–Crippen LogP) is 5.60. The molecule has 25 heavy (non-hydrogen) atoms. The summed E-state index contributed by atoms with van der Waals surface area (Å²) in [5.41, 5.74) is 2.06. The molecular formula is C20H18O2S3. The lowest BCUT2D eigenvalue weighted by Gasteiger charge is -2.07. The van der Waals surface area contributed by atoms with Crippen molar-refractivity contribution in [2.45, 2.75) is 21.3 Å². The molecule has 0 aliphatic rings. The fourth-order valence-corrected chi connectivity index (χ4v) is 5.94. The van der Waals surface area contributed by atoms with Gasteiger partial charge in [0.15, 0.2) is 9.84 Å². The Morgan fingerprint density at radius 2 is 1.36 bits per heavy atom. The molecule has 0 saturated carbocycles. The van der Waals surface area contributed by atoms with E-state index in [9.17, 15) is 8.42 Å². The van der Waals surface area contributed by atoms with Gasteiger partial charge in [-0.15, -0.1) is 0 Å². The van der Waals surface area contributed by atoms with Gasteiger partial charge in [-0.25, -0.2) is 8.42 Å². The molecule has 0 unspecified atom stereocenters. The van der Waals surface area contributed by atoms with Crippen molar-refractivity contribution in [1.29, 1.82) is 0 Å². The lowest BCUT2D eigenvalue weighted by molar-refractivity contribution is 0.595. The molecule has 3 rings (SSSR count). The summed E-state index contributed by atoms with van der Waals surface area (Å²) in [6, 6.07) is 26.7. The van der Waals surface area contributed by atoms with Crippen LogP contribution >= 0.6 is 21.6 Å². The Bertz CT molecular complexity index is 908. The van der Waals surface area contributed by atoms with E-state index in [-0.39, 0.29) is 5.75 Å². The highest BCUT2D eigenvalue weighted by Crippen LogP contribution is 2.34. The minimum atomic E-state index is -3.34. The van der Waals surface area contributed by atoms with Crippen molar-refractivity contribution in [2.24, 2.45) is 0 Å². The smallest absolute Gasteiger partial charge is 0.182 e. The van der Waals surface area contributed by atoms with Crippen LogP contribution < -0.4 is 0 Å². The standard InChI is InChI=1S/C20H18O2S3/c21-25(22,16-18-10-5-2-6-11-18)20-13-7-12-19(14-20)24-23-15-17-8-3-1-4-9-17/h1-14H,15-16H2. The minimum Gasteiger partial charge on any atom is -0.223 e. The lowest BCUT2D eigenvalue weighted by Crippen LogP contribution is -2.04. The van der Waals surface area contributed by atoms with Gasteiger partial charge in [0, 0.05) is 10.6 Å². The van der Waals surface area contributed by atoms with E-state index in [1.807, 2.05) is 60.7 Å². The Morgan fingerprint density at radius 3 is 2.04 bits per heavy atom. The molecule has 0 N–H and O–H groups in total. The summed E-state index contributed by atoms with van der Waals surface area (Å²) in [6.07, 6.45) is 0. The second-order valence-electron chi connectivity index (χ2n) is 5.55. The first-order chi connectivity index (χ1) is 12.1. The maximum Gasteiger partial charge on any atom is 0.182 e. The second-order valence-corrected chi connectivity index (χ2v) is 9.91. The van der Waals surface area contributed by atoms with Crippen LogP contribution in [0.15, 0.2) is 94.7 Å². The summed E-state index contributed by atoms with van der Waals surface area (Å²) in [5.74, 6) is 0.908. The molecule has 0 aliphatic carbocycles. The van der Waals surface area contributed by atoms with Crippen LogP contribution in [0.2, 0.25) is 0 Å². The van der Waals surface area contributed by atoms with E-state index in [0.29, 0.717) is 4.90 Å². The van der Waals surface area contributed by atoms with Crippen molar-refractivity contribution in [3.63, 3.8) is 0 Å². The first kappa shape index (κ1) is 18.1. The van der Waals surface area contributed by atoms with E-state index < -0.39 is 9.84 Å². The van der Waals surface area contributed by atoms with Crippen molar-refractivity contribution in [3.05, 3.63) is 96.1 Å².